The van der Waals surface area contributed by atoms with Crippen LogP contribution in [-0.4, -0.2) is 75.3 Å². The van der Waals surface area contributed by atoms with Gasteiger partial charge in [-0.2, -0.15) is 0 Å². The number of nitrogens with zero attached hydrogens (tertiary/aromatic N) is 2. The van der Waals surface area contributed by atoms with Crippen LogP contribution in [0.1, 0.15) is 27.7 Å². The van der Waals surface area contributed by atoms with Crippen LogP contribution in [0.2, 0.25) is 0 Å². The average molecular weight is 455 g/mol. The monoisotopic (exact) mass is 455 g/mol. The lowest BCUT2D eigenvalue weighted by Crippen LogP contribution is -2.56. The van der Waals surface area contributed by atoms with Crippen LogP contribution in [0.5, 0.6) is 0 Å². The SMILES string of the molecule is CN=C(NCCNC(=O)C(C)C)NCC(C)(C)N1CCOCC1.I. The molecule has 0 unspecified atom stereocenters. The summed E-state index contributed by atoms with van der Waals surface area (Å²) in [6, 6.07) is 0. The highest BCUT2D eigenvalue weighted by atomic mass is 127. The Morgan fingerprint density at radius 2 is 1.75 bits per heavy atom. The number of guanidine groups is 1. The van der Waals surface area contributed by atoms with Crippen molar-refractivity contribution < 1.29 is 9.53 Å². The molecule has 8 heteroatoms. The molecule has 1 amide bonds. The van der Waals surface area contributed by atoms with Gasteiger partial charge >= 0.3 is 0 Å². The quantitative estimate of drug-likeness (QED) is 0.228. The summed E-state index contributed by atoms with van der Waals surface area (Å²) in [7, 11) is 1.75. The Labute approximate surface area is 163 Å². The molecule has 24 heavy (non-hydrogen) atoms. The molecule has 0 aromatic carbocycles. The zero-order valence-electron chi connectivity index (χ0n) is 15.6. The maximum absolute atomic E-state index is 11.5. The summed E-state index contributed by atoms with van der Waals surface area (Å²) in [6.07, 6.45) is 0. The van der Waals surface area contributed by atoms with E-state index in [-0.39, 0.29) is 41.3 Å². The number of halogens is 1. The van der Waals surface area contributed by atoms with Crippen molar-refractivity contribution in [3.8, 4) is 0 Å². The van der Waals surface area contributed by atoms with Crippen molar-refractivity contribution in [2.75, 3.05) is 53.0 Å². The minimum atomic E-state index is 0. The van der Waals surface area contributed by atoms with Gasteiger partial charge in [0.1, 0.15) is 0 Å². The highest BCUT2D eigenvalue weighted by molar-refractivity contribution is 14.0. The summed E-state index contributed by atoms with van der Waals surface area (Å²) in [5.41, 5.74) is 0.0350. The van der Waals surface area contributed by atoms with E-state index in [1.165, 1.54) is 0 Å². The van der Waals surface area contributed by atoms with Crippen LogP contribution in [0.15, 0.2) is 4.99 Å². The molecule has 1 saturated heterocycles. The normalized spacial score (nSPS) is 16.5. The number of hydrogen-bond acceptors (Lipinski definition) is 4. The van der Waals surface area contributed by atoms with Crippen molar-refractivity contribution in [1.29, 1.82) is 0 Å². The second-order valence-electron chi connectivity index (χ2n) is 6.71. The predicted molar refractivity (Wildman–Crippen MR) is 109 cm³/mol. The van der Waals surface area contributed by atoms with E-state index >= 15 is 0 Å². The maximum atomic E-state index is 11.5. The van der Waals surface area contributed by atoms with Crippen molar-refractivity contribution in [2.45, 2.75) is 33.2 Å². The predicted octanol–water partition coefficient (Wildman–Crippen LogP) is 0.652. The second-order valence-corrected chi connectivity index (χ2v) is 6.71. The summed E-state index contributed by atoms with van der Waals surface area (Å²) in [6.45, 7) is 13.8. The topological polar surface area (TPSA) is 78.0 Å². The molecule has 142 valence electrons. The highest BCUT2D eigenvalue weighted by Crippen LogP contribution is 2.14. The smallest absolute Gasteiger partial charge is 0.222 e. The Kier molecular flexibility index (Phi) is 11.6. The Morgan fingerprint density at radius 1 is 1.17 bits per heavy atom. The van der Waals surface area contributed by atoms with Crippen LogP contribution in [0.4, 0.5) is 0 Å². The molecule has 1 aliphatic heterocycles. The molecule has 7 nitrogen and oxygen atoms in total. The molecule has 3 N–H and O–H groups in total. The van der Waals surface area contributed by atoms with Crippen molar-refractivity contribution in [3.63, 3.8) is 0 Å². The van der Waals surface area contributed by atoms with Gasteiger partial charge in [0.05, 0.1) is 13.2 Å². The first kappa shape index (κ1) is 23.4. The van der Waals surface area contributed by atoms with Gasteiger partial charge in [0, 0.05) is 51.2 Å². The molecular formula is C16H34IN5O2. The summed E-state index contributed by atoms with van der Waals surface area (Å²) in [5.74, 6) is 0.843. The lowest BCUT2D eigenvalue weighted by atomic mass is 10.0. The lowest BCUT2D eigenvalue weighted by Gasteiger charge is -2.41. The molecule has 0 spiro atoms. The Morgan fingerprint density at radius 3 is 2.29 bits per heavy atom. The molecule has 1 aliphatic rings. The molecule has 1 rings (SSSR count). The van der Waals surface area contributed by atoms with Gasteiger partial charge in [-0.15, -0.1) is 24.0 Å². The van der Waals surface area contributed by atoms with Gasteiger partial charge in [-0.25, -0.2) is 0 Å². The van der Waals surface area contributed by atoms with E-state index in [0.29, 0.717) is 13.1 Å². The third-order valence-electron chi connectivity index (χ3n) is 4.02. The largest absolute Gasteiger partial charge is 0.379 e. The molecule has 1 fully saturated rings. The Balaban J connectivity index is 0.00000529. The number of aliphatic imine (C=N–C) groups is 1. The molecule has 0 aliphatic carbocycles. The molecule has 1 heterocycles. The number of carbonyl (C=O) groups excluding carboxylic acids is 1. The molecule has 0 saturated carbocycles. The van der Waals surface area contributed by atoms with Crippen LogP contribution in [0.25, 0.3) is 0 Å². The summed E-state index contributed by atoms with van der Waals surface area (Å²) >= 11 is 0. The fourth-order valence-electron chi connectivity index (χ4n) is 2.37. The summed E-state index contributed by atoms with van der Waals surface area (Å²) < 4.78 is 5.41. The van der Waals surface area contributed by atoms with E-state index in [1.807, 2.05) is 13.8 Å². The van der Waals surface area contributed by atoms with Gasteiger partial charge in [-0.3, -0.25) is 14.7 Å². The minimum Gasteiger partial charge on any atom is -0.379 e. The summed E-state index contributed by atoms with van der Waals surface area (Å²) in [4.78, 5) is 18.1. The molecule has 0 aromatic rings. The van der Waals surface area contributed by atoms with E-state index in [1.54, 1.807) is 7.05 Å². The highest BCUT2D eigenvalue weighted by Gasteiger charge is 2.28. The molecule has 0 bridgehead atoms. The van der Waals surface area contributed by atoms with Crippen LogP contribution in [0.3, 0.4) is 0 Å². The Bertz CT molecular complexity index is 396. The first-order chi connectivity index (χ1) is 10.9. The number of rotatable bonds is 7. The van der Waals surface area contributed by atoms with Crippen LogP contribution in [-0.2, 0) is 9.53 Å². The van der Waals surface area contributed by atoms with E-state index in [4.69, 9.17) is 4.74 Å². The summed E-state index contributed by atoms with van der Waals surface area (Å²) in [5, 5.41) is 9.46. The van der Waals surface area contributed by atoms with Crippen molar-refractivity contribution >= 4 is 35.8 Å². The lowest BCUT2D eigenvalue weighted by molar-refractivity contribution is -0.123. The van der Waals surface area contributed by atoms with Gasteiger partial charge in [0.25, 0.3) is 0 Å². The minimum absolute atomic E-state index is 0. The first-order valence-electron chi connectivity index (χ1n) is 8.42. The number of amides is 1. The third kappa shape index (κ3) is 8.48. The van der Waals surface area contributed by atoms with Crippen molar-refractivity contribution in [2.24, 2.45) is 10.9 Å². The second kappa shape index (κ2) is 11.9. The first-order valence-corrected chi connectivity index (χ1v) is 8.42. The number of carbonyl (C=O) groups is 1. The fraction of sp³-hybridized carbons (Fsp3) is 0.875. The van der Waals surface area contributed by atoms with Gasteiger partial charge in [-0.1, -0.05) is 13.8 Å². The standard InChI is InChI=1S/C16H33N5O2.HI/c1-13(2)14(22)18-6-7-19-15(17-5)20-12-16(3,4)21-8-10-23-11-9-21;/h13H,6-12H2,1-5H3,(H,18,22)(H2,17,19,20);1H. The molecule has 0 aromatic heterocycles. The van der Waals surface area contributed by atoms with Gasteiger partial charge in [-0.05, 0) is 13.8 Å². The Hall–Kier alpha value is -0.610. The van der Waals surface area contributed by atoms with Gasteiger partial charge in [0.15, 0.2) is 5.96 Å². The third-order valence-corrected chi connectivity index (χ3v) is 4.02. The molecule has 0 radical (unpaired) electrons. The van der Waals surface area contributed by atoms with E-state index in [0.717, 1.165) is 38.8 Å². The van der Waals surface area contributed by atoms with Crippen molar-refractivity contribution in [3.05, 3.63) is 0 Å². The van der Waals surface area contributed by atoms with E-state index in [9.17, 15) is 4.79 Å². The molecule has 0 atom stereocenters. The number of hydrogen-bond donors (Lipinski definition) is 3. The van der Waals surface area contributed by atoms with E-state index < -0.39 is 0 Å². The zero-order valence-corrected chi connectivity index (χ0v) is 18.0. The van der Waals surface area contributed by atoms with E-state index in [2.05, 4.69) is 39.7 Å². The number of morpholine rings is 1. The zero-order chi connectivity index (χ0) is 17.3. The van der Waals surface area contributed by atoms with Crippen LogP contribution < -0.4 is 16.0 Å². The molecular weight excluding hydrogens is 421 g/mol. The van der Waals surface area contributed by atoms with Crippen molar-refractivity contribution in [1.82, 2.24) is 20.9 Å². The van der Waals surface area contributed by atoms with Gasteiger partial charge < -0.3 is 20.7 Å². The number of nitrogens with one attached hydrogen (secondary N) is 3. The average Bonchev–Trinajstić information content (AvgIpc) is 2.54. The fourth-order valence-corrected chi connectivity index (χ4v) is 2.37. The maximum Gasteiger partial charge on any atom is 0.222 e. The van der Waals surface area contributed by atoms with Crippen LogP contribution in [0, 0.1) is 5.92 Å². The number of ether oxygens (including phenoxy) is 1. The van der Waals surface area contributed by atoms with Crippen LogP contribution >= 0.6 is 24.0 Å². The van der Waals surface area contributed by atoms with Gasteiger partial charge in [0.2, 0.25) is 5.91 Å².